The Morgan fingerprint density at radius 1 is 1.24 bits per heavy atom. The zero-order chi connectivity index (χ0) is 20.4. The first-order chi connectivity index (χ1) is 14.1. The van der Waals surface area contributed by atoms with Crippen molar-refractivity contribution in [2.75, 3.05) is 11.9 Å². The number of rotatable bonds is 5. The normalized spacial score (nSPS) is 10.8. The lowest BCUT2D eigenvalue weighted by Crippen LogP contribution is -2.26. The number of nitriles is 1. The summed E-state index contributed by atoms with van der Waals surface area (Å²) in [5.41, 5.74) is 2.62. The van der Waals surface area contributed by atoms with Crippen molar-refractivity contribution in [3.8, 4) is 6.07 Å². The number of hydrogen-bond donors (Lipinski definition) is 0. The smallest absolute Gasteiger partial charge is 0.294 e. The highest BCUT2D eigenvalue weighted by Gasteiger charge is 2.24. The van der Waals surface area contributed by atoms with Gasteiger partial charge >= 0.3 is 0 Å². The second kappa shape index (κ2) is 8.07. The number of anilines is 1. The number of benzene rings is 2. The average molecular weight is 421 g/mol. The summed E-state index contributed by atoms with van der Waals surface area (Å²) in [4.78, 5) is 14.8. The average Bonchev–Trinajstić information content (AvgIpc) is 3.34. The summed E-state index contributed by atoms with van der Waals surface area (Å²) in [6, 6.07) is 16.6. The molecule has 1 amide bonds. The molecule has 144 valence electrons. The molecule has 0 aliphatic heterocycles. The van der Waals surface area contributed by atoms with Crippen LogP contribution in [0.4, 0.5) is 5.69 Å². The third-order valence-corrected chi connectivity index (χ3v) is 6.41. The van der Waals surface area contributed by atoms with Gasteiger partial charge in [-0.15, -0.1) is 10.2 Å². The van der Waals surface area contributed by atoms with Crippen LogP contribution in [0.3, 0.4) is 0 Å². The number of amides is 1. The lowest BCUT2D eigenvalue weighted by molar-refractivity contribution is 0.0967. The van der Waals surface area contributed by atoms with E-state index in [1.165, 1.54) is 28.0 Å². The summed E-state index contributed by atoms with van der Waals surface area (Å²) < 4.78 is 6.80. The predicted octanol–water partition coefficient (Wildman–Crippen LogP) is 5.03. The van der Waals surface area contributed by atoms with Crippen LogP contribution in [-0.4, -0.2) is 23.2 Å². The van der Waals surface area contributed by atoms with Crippen LogP contribution in [0.15, 0.2) is 57.3 Å². The van der Waals surface area contributed by atoms with Crippen molar-refractivity contribution in [2.24, 2.45) is 0 Å². The summed E-state index contributed by atoms with van der Waals surface area (Å²) in [5.74, 6) is 0.573. The van der Waals surface area contributed by atoms with Crippen molar-refractivity contribution >= 4 is 45.7 Å². The van der Waals surface area contributed by atoms with Gasteiger partial charge in [0.15, 0.2) is 10.1 Å². The highest BCUT2D eigenvalue weighted by atomic mass is 32.2. The van der Waals surface area contributed by atoms with Gasteiger partial charge < -0.3 is 9.32 Å². The number of para-hydroxylation sites is 1. The summed E-state index contributed by atoms with van der Waals surface area (Å²) >= 11 is 3.05. The van der Waals surface area contributed by atoms with Crippen LogP contribution < -0.4 is 4.90 Å². The van der Waals surface area contributed by atoms with Crippen molar-refractivity contribution in [3.63, 3.8) is 0 Å². The molecule has 0 aliphatic carbocycles. The van der Waals surface area contributed by atoms with E-state index in [4.69, 9.17) is 9.68 Å². The van der Waals surface area contributed by atoms with Crippen LogP contribution >= 0.6 is 23.1 Å². The van der Waals surface area contributed by atoms with Gasteiger partial charge in [-0.25, -0.2) is 0 Å². The second-order valence-corrected chi connectivity index (χ2v) is 8.71. The maximum absolute atomic E-state index is 13.3. The fourth-order valence-electron chi connectivity index (χ4n) is 2.94. The molecule has 0 spiro atoms. The Labute approximate surface area is 175 Å². The van der Waals surface area contributed by atoms with Gasteiger partial charge in [-0.1, -0.05) is 47.4 Å². The van der Waals surface area contributed by atoms with Gasteiger partial charge in [-0.2, -0.15) is 5.26 Å². The molecule has 2 heterocycles. The van der Waals surface area contributed by atoms with E-state index in [2.05, 4.69) is 16.3 Å². The lowest BCUT2D eigenvalue weighted by atomic mass is 10.1. The van der Waals surface area contributed by atoms with Crippen LogP contribution in [-0.2, 0) is 5.75 Å². The number of thioether (sulfide) groups is 1. The largest absolute Gasteiger partial charge is 0.451 e. The standard InChI is InChI=1S/C21H16N4O2S2/c1-13-23-24-21(29-13)28-12-17-16-8-3-4-9-18(16)27-19(17)20(26)25(2)15-7-5-6-14(10-15)11-22/h3-10H,12H2,1-2H3. The molecule has 0 aliphatic rings. The molecule has 0 saturated heterocycles. The molecule has 0 radical (unpaired) electrons. The minimum atomic E-state index is -0.264. The maximum Gasteiger partial charge on any atom is 0.294 e. The number of aromatic nitrogens is 2. The number of nitrogens with zero attached hydrogens (tertiary/aromatic N) is 4. The monoisotopic (exact) mass is 420 g/mol. The Morgan fingerprint density at radius 3 is 2.83 bits per heavy atom. The van der Waals surface area contributed by atoms with E-state index >= 15 is 0 Å². The van der Waals surface area contributed by atoms with Crippen molar-refractivity contribution in [2.45, 2.75) is 17.0 Å². The number of aryl methyl sites for hydroxylation is 1. The Morgan fingerprint density at radius 2 is 2.07 bits per heavy atom. The zero-order valence-electron chi connectivity index (χ0n) is 15.7. The number of furan rings is 1. The predicted molar refractivity (Wildman–Crippen MR) is 114 cm³/mol. The van der Waals surface area contributed by atoms with Gasteiger partial charge in [0.25, 0.3) is 5.91 Å². The van der Waals surface area contributed by atoms with Crippen LogP contribution in [0, 0.1) is 18.3 Å². The second-order valence-electron chi connectivity index (χ2n) is 6.31. The zero-order valence-corrected chi connectivity index (χ0v) is 17.4. The van der Waals surface area contributed by atoms with Crippen molar-refractivity contribution in [3.05, 3.63) is 70.4 Å². The minimum Gasteiger partial charge on any atom is -0.451 e. The topological polar surface area (TPSA) is 83.0 Å². The molecule has 0 N–H and O–H groups in total. The molecular weight excluding hydrogens is 404 g/mol. The van der Waals surface area contributed by atoms with Crippen LogP contribution in [0.5, 0.6) is 0 Å². The van der Waals surface area contributed by atoms with E-state index in [0.717, 1.165) is 20.3 Å². The first kappa shape index (κ1) is 19.2. The van der Waals surface area contributed by atoms with E-state index in [1.54, 1.807) is 31.3 Å². The molecule has 4 aromatic rings. The van der Waals surface area contributed by atoms with Gasteiger partial charge in [0.2, 0.25) is 0 Å². The molecular formula is C21H16N4O2S2. The Kier molecular flexibility index (Phi) is 5.34. The Hall–Kier alpha value is -3.15. The number of carbonyl (C=O) groups is 1. The van der Waals surface area contributed by atoms with E-state index in [1.807, 2.05) is 31.2 Å². The SMILES string of the molecule is Cc1nnc(SCc2c(C(=O)N(C)c3cccc(C#N)c3)oc3ccccc23)s1. The summed E-state index contributed by atoms with van der Waals surface area (Å²) in [7, 11) is 1.68. The highest BCUT2D eigenvalue weighted by molar-refractivity contribution is 8.00. The Balaban J connectivity index is 1.70. The maximum atomic E-state index is 13.3. The molecule has 0 bridgehead atoms. The van der Waals surface area contributed by atoms with Gasteiger partial charge in [-0.3, -0.25) is 4.79 Å². The van der Waals surface area contributed by atoms with Gasteiger partial charge in [0.05, 0.1) is 11.6 Å². The molecule has 2 aromatic heterocycles. The number of carbonyl (C=O) groups excluding carboxylic acids is 1. The molecule has 4 rings (SSSR count). The van der Waals surface area contributed by atoms with E-state index in [9.17, 15) is 4.79 Å². The molecule has 0 fully saturated rings. The van der Waals surface area contributed by atoms with E-state index in [-0.39, 0.29) is 5.91 Å². The fraction of sp³-hybridized carbons (Fsp3) is 0.143. The Bertz CT molecular complexity index is 1240. The fourth-order valence-corrected chi connectivity index (χ4v) is 4.78. The molecule has 8 heteroatoms. The summed E-state index contributed by atoms with van der Waals surface area (Å²) in [6.45, 7) is 1.91. The van der Waals surface area contributed by atoms with Crippen LogP contribution in [0.1, 0.15) is 26.7 Å². The van der Waals surface area contributed by atoms with E-state index in [0.29, 0.717) is 28.3 Å². The summed E-state index contributed by atoms with van der Waals surface area (Å²) in [6.07, 6.45) is 0. The molecule has 0 unspecified atom stereocenters. The van der Waals surface area contributed by atoms with Crippen molar-refractivity contribution in [1.82, 2.24) is 10.2 Å². The van der Waals surface area contributed by atoms with Crippen molar-refractivity contribution < 1.29 is 9.21 Å². The molecule has 0 saturated carbocycles. The van der Waals surface area contributed by atoms with E-state index < -0.39 is 0 Å². The third kappa shape index (κ3) is 3.88. The van der Waals surface area contributed by atoms with Gasteiger partial charge in [0.1, 0.15) is 10.6 Å². The highest BCUT2D eigenvalue weighted by Crippen LogP contribution is 2.34. The lowest BCUT2D eigenvalue weighted by Gasteiger charge is -2.17. The van der Waals surface area contributed by atoms with Gasteiger partial charge in [0, 0.05) is 29.4 Å². The molecule has 29 heavy (non-hydrogen) atoms. The third-order valence-electron chi connectivity index (χ3n) is 4.41. The van der Waals surface area contributed by atoms with Crippen molar-refractivity contribution in [1.29, 1.82) is 5.26 Å². The molecule has 6 nitrogen and oxygen atoms in total. The van der Waals surface area contributed by atoms with Crippen LogP contribution in [0.25, 0.3) is 11.0 Å². The molecule has 0 atom stereocenters. The van der Waals surface area contributed by atoms with Gasteiger partial charge in [-0.05, 0) is 31.2 Å². The molecule has 2 aromatic carbocycles. The minimum absolute atomic E-state index is 0.264. The first-order valence-corrected chi connectivity index (χ1v) is 10.6. The van der Waals surface area contributed by atoms with Crippen LogP contribution in [0.2, 0.25) is 0 Å². The number of hydrogen-bond acceptors (Lipinski definition) is 7. The quantitative estimate of drug-likeness (QED) is 0.421. The number of fused-ring (bicyclic) bond motifs is 1. The first-order valence-electron chi connectivity index (χ1n) is 8.78. The summed E-state index contributed by atoms with van der Waals surface area (Å²) in [5, 5.41) is 19.1.